The van der Waals surface area contributed by atoms with Gasteiger partial charge in [0.15, 0.2) is 0 Å². The Balaban J connectivity index is 0.000000283. The molecule has 2 fully saturated rings. The molecular weight excluding hydrogens is 289 g/mol. The molecule has 1 nitrogen and oxygen atoms in total. The van der Waals surface area contributed by atoms with Gasteiger partial charge in [0.1, 0.15) is 0 Å². The van der Waals surface area contributed by atoms with Gasteiger partial charge in [-0.15, -0.1) is 0 Å². The fraction of sp³-hybridized carbons (Fsp3) is 0.111. The molecule has 2 heteroatoms. The van der Waals surface area contributed by atoms with E-state index in [2.05, 4.69) is 68.9 Å². The van der Waals surface area contributed by atoms with Crippen LogP contribution in [0.25, 0.3) is 0 Å². The molecule has 0 amide bonds. The molecule has 0 saturated heterocycles. The molecule has 0 atom stereocenters. The molecule has 0 aliphatic heterocycles. The van der Waals surface area contributed by atoms with Crippen molar-refractivity contribution in [2.75, 3.05) is 19.0 Å². The molecule has 2 saturated carbocycles. The minimum absolute atomic E-state index is 0. The van der Waals surface area contributed by atoms with E-state index in [0.29, 0.717) is 0 Å². The predicted octanol–water partition coefficient (Wildman–Crippen LogP) is 3.52. The summed E-state index contributed by atoms with van der Waals surface area (Å²) in [5.74, 6) is 1.29. The molecule has 1 aromatic rings. The van der Waals surface area contributed by atoms with Crippen LogP contribution in [0.3, 0.4) is 0 Å². The third kappa shape index (κ3) is 5.49. The predicted molar refractivity (Wildman–Crippen MR) is 81.8 cm³/mol. The molecule has 0 heterocycles. The summed E-state index contributed by atoms with van der Waals surface area (Å²) in [6.45, 7) is 0. The Hall–Kier alpha value is -0.474. The van der Waals surface area contributed by atoms with Crippen molar-refractivity contribution in [3.63, 3.8) is 0 Å². The van der Waals surface area contributed by atoms with Crippen LogP contribution in [0.2, 0.25) is 0 Å². The van der Waals surface area contributed by atoms with Gasteiger partial charge < -0.3 is 4.90 Å². The van der Waals surface area contributed by atoms with Gasteiger partial charge in [-0.3, -0.25) is 0 Å². The average molecular weight is 308 g/mol. The van der Waals surface area contributed by atoms with Crippen molar-refractivity contribution in [3.8, 4) is 0 Å². The van der Waals surface area contributed by atoms with E-state index in [1.54, 1.807) is 0 Å². The Labute approximate surface area is 135 Å². The Morgan fingerprint density at radius 1 is 0.650 bits per heavy atom. The van der Waals surface area contributed by atoms with E-state index in [4.69, 9.17) is 0 Å². The van der Waals surface area contributed by atoms with E-state index < -0.39 is 0 Å². The maximum absolute atomic E-state index is 2.16. The van der Waals surface area contributed by atoms with Crippen LogP contribution in [-0.4, -0.2) is 14.1 Å². The van der Waals surface area contributed by atoms with Crippen LogP contribution in [0, 0.1) is 63.7 Å². The minimum Gasteiger partial charge on any atom is -0.378 e. The van der Waals surface area contributed by atoms with Crippen molar-refractivity contribution in [1.29, 1.82) is 0 Å². The molecule has 2 aliphatic rings. The van der Waals surface area contributed by atoms with Crippen molar-refractivity contribution in [2.45, 2.75) is 0 Å². The molecule has 0 aromatic heterocycles. The third-order valence-corrected chi connectivity index (χ3v) is 2.94. The van der Waals surface area contributed by atoms with Crippen LogP contribution in [0.15, 0.2) is 24.3 Å². The molecule has 0 unspecified atom stereocenters. The fourth-order valence-electron chi connectivity index (χ4n) is 1.84. The van der Waals surface area contributed by atoms with Crippen molar-refractivity contribution in [1.82, 2.24) is 0 Å². The van der Waals surface area contributed by atoms with Gasteiger partial charge in [0.25, 0.3) is 0 Å². The largest absolute Gasteiger partial charge is 0.378 e. The van der Waals surface area contributed by atoms with E-state index >= 15 is 0 Å². The van der Waals surface area contributed by atoms with E-state index in [-0.39, 0.29) is 16.8 Å². The Morgan fingerprint density at radius 3 is 1.50 bits per heavy atom. The van der Waals surface area contributed by atoms with Gasteiger partial charge in [-0.25, -0.2) is 0 Å². The van der Waals surface area contributed by atoms with Gasteiger partial charge in [0, 0.05) is 42.5 Å². The summed E-state index contributed by atoms with van der Waals surface area (Å²) in [5.41, 5.74) is 2.51. The first-order chi connectivity index (χ1) is 9.27. The standard InChI is InChI=1S/C13H14N.C5H5.Co/c1-14(2)13-9-7-12(8-10-13)11-5-3-4-6-11;1-2-4-5-3-1;/h3-10H,1-2H3;1-5H;. The summed E-state index contributed by atoms with van der Waals surface area (Å²) in [6.07, 6.45) is 18.4. The minimum atomic E-state index is 0. The van der Waals surface area contributed by atoms with Crippen LogP contribution in [0.4, 0.5) is 5.69 Å². The van der Waals surface area contributed by atoms with Gasteiger partial charge in [0.2, 0.25) is 0 Å². The third-order valence-electron chi connectivity index (χ3n) is 2.94. The van der Waals surface area contributed by atoms with Crippen molar-refractivity contribution < 1.29 is 16.8 Å². The Kier molecular flexibility index (Phi) is 8.31. The topological polar surface area (TPSA) is 3.24 Å². The van der Waals surface area contributed by atoms with Gasteiger partial charge in [0.05, 0.1) is 0 Å². The van der Waals surface area contributed by atoms with E-state index in [0.717, 1.165) is 0 Å². The summed E-state index contributed by atoms with van der Waals surface area (Å²) in [5, 5.41) is 0. The number of benzene rings is 1. The summed E-state index contributed by atoms with van der Waals surface area (Å²) in [7, 11) is 4.11. The first kappa shape index (κ1) is 17.6. The first-order valence-corrected chi connectivity index (χ1v) is 6.43. The smallest absolute Gasteiger partial charge is 0.0361 e. The average Bonchev–Trinajstić information content (AvgIpc) is 3.15. The number of anilines is 1. The van der Waals surface area contributed by atoms with Crippen molar-refractivity contribution >= 4 is 5.69 Å². The van der Waals surface area contributed by atoms with Crippen LogP contribution in [0.1, 0.15) is 5.56 Å². The van der Waals surface area contributed by atoms with Crippen LogP contribution >= 0.6 is 0 Å². The number of nitrogens with zero attached hydrogens (tertiary/aromatic N) is 1. The van der Waals surface area contributed by atoms with Gasteiger partial charge in [-0.2, -0.15) is 0 Å². The van der Waals surface area contributed by atoms with Gasteiger partial charge >= 0.3 is 0 Å². The van der Waals surface area contributed by atoms with Crippen molar-refractivity contribution in [3.05, 3.63) is 93.5 Å². The molecule has 0 spiro atoms. The molecule has 0 N–H and O–H groups in total. The Bertz CT molecular complexity index is 341. The second kappa shape index (κ2) is 9.46. The Morgan fingerprint density at radius 2 is 1.10 bits per heavy atom. The SMILES string of the molecule is CN(C)c1ccc([C]2[CH][CH][CH][CH]2)cc1.[CH]1[CH][CH][CH][CH]1.[Co]. The number of rotatable bonds is 2. The summed E-state index contributed by atoms with van der Waals surface area (Å²) in [6, 6.07) is 8.60. The quantitative estimate of drug-likeness (QED) is 0.808. The molecule has 0 bridgehead atoms. The zero-order valence-corrected chi connectivity index (χ0v) is 12.8. The summed E-state index contributed by atoms with van der Waals surface area (Å²) < 4.78 is 0. The molecule has 1 aromatic carbocycles. The molecule has 3 rings (SSSR count). The summed E-state index contributed by atoms with van der Waals surface area (Å²) >= 11 is 0. The number of hydrogen-bond acceptors (Lipinski definition) is 1. The maximum atomic E-state index is 2.16. The molecule has 2 aliphatic carbocycles. The maximum Gasteiger partial charge on any atom is 0.0361 e. The van der Waals surface area contributed by atoms with Crippen molar-refractivity contribution in [2.24, 2.45) is 0 Å². The van der Waals surface area contributed by atoms with E-state index in [9.17, 15) is 0 Å². The monoisotopic (exact) mass is 308 g/mol. The van der Waals surface area contributed by atoms with Gasteiger partial charge in [-0.05, 0) is 75.5 Å². The van der Waals surface area contributed by atoms with E-state index in [1.807, 2.05) is 32.1 Å². The van der Waals surface area contributed by atoms with Gasteiger partial charge in [-0.1, -0.05) is 12.1 Å². The molecule has 20 heavy (non-hydrogen) atoms. The zero-order valence-electron chi connectivity index (χ0n) is 11.8. The van der Waals surface area contributed by atoms with Crippen LogP contribution in [-0.2, 0) is 16.8 Å². The molecule has 105 valence electrons. The number of hydrogen-bond donors (Lipinski definition) is 0. The second-order valence-corrected chi connectivity index (χ2v) is 4.58. The molecular formula is C18H19CoN. The first-order valence-electron chi connectivity index (χ1n) is 6.43. The molecule has 11 radical (unpaired) electrons. The van der Waals surface area contributed by atoms with E-state index in [1.165, 1.54) is 17.2 Å². The zero-order chi connectivity index (χ0) is 13.5. The summed E-state index contributed by atoms with van der Waals surface area (Å²) in [4.78, 5) is 2.11. The fourth-order valence-corrected chi connectivity index (χ4v) is 1.84. The second-order valence-electron chi connectivity index (χ2n) is 4.58. The normalized spacial score (nSPS) is 18.1. The van der Waals surface area contributed by atoms with Crippen LogP contribution < -0.4 is 4.90 Å². The van der Waals surface area contributed by atoms with Crippen LogP contribution in [0.5, 0.6) is 0 Å².